The lowest BCUT2D eigenvalue weighted by atomic mass is 10.0. The van der Waals surface area contributed by atoms with Crippen LogP contribution in [-0.2, 0) is 9.59 Å². The van der Waals surface area contributed by atoms with Crippen molar-refractivity contribution < 1.29 is 33.8 Å². The second kappa shape index (κ2) is 6.79. The number of rotatable bonds is 5. The van der Waals surface area contributed by atoms with E-state index in [1.54, 1.807) is 31.2 Å². The summed E-state index contributed by atoms with van der Waals surface area (Å²) in [6.07, 6.45) is 1.28. The molecule has 1 aromatic carbocycles. The molecule has 2 heterocycles. The van der Waals surface area contributed by atoms with Gasteiger partial charge in [-0.1, -0.05) is 12.1 Å². The SMILES string of the molecule is Cc1c(C(=O)O)cccc1-c1ccc(/C=C2/NC(=O)N(CC(=O)O)C2=O)o1. The summed E-state index contributed by atoms with van der Waals surface area (Å²) in [6, 6.07) is 7.11. The van der Waals surface area contributed by atoms with Gasteiger partial charge in [0.05, 0.1) is 5.56 Å². The van der Waals surface area contributed by atoms with E-state index < -0.39 is 30.4 Å². The number of urea groups is 1. The van der Waals surface area contributed by atoms with Gasteiger partial charge in [-0.15, -0.1) is 0 Å². The molecule has 0 spiro atoms. The van der Waals surface area contributed by atoms with Crippen LogP contribution in [-0.4, -0.2) is 45.5 Å². The smallest absolute Gasteiger partial charge is 0.335 e. The molecule has 0 aliphatic carbocycles. The van der Waals surface area contributed by atoms with Crippen molar-refractivity contribution in [1.29, 1.82) is 0 Å². The quantitative estimate of drug-likeness (QED) is 0.540. The van der Waals surface area contributed by atoms with E-state index in [2.05, 4.69) is 5.32 Å². The van der Waals surface area contributed by atoms with Crippen molar-refractivity contribution in [2.24, 2.45) is 0 Å². The standard InChI is InChI=1S/C18H14N2O7/c1-9-11(3-2-4-12(9)17(24)25)14-6-5-10(27-14)7-13-16(23)20(8-15(21)22)18(26)19-13/h2-7H,8H2,1H3,(H,19,26)(H,21,22)(H,24,25)/b13-7+. The average Bonchev–Trinajstić information content (AvgIpc) is 3.15. The van der Waals surface area contributed by atoms with Crippen molar-refractivity contribution in [2.45, 2.75) is 6.92 Å². The zero-order valence-corrected chi connectivity index (χ0v) is 14.1. The summed E-state index contributed by atoms with van der Waals surface area (Å²) in [5, 5.41) is 20.2. The first kappa shape index (κ1) is 17.9. The first-order valence-electron chi connectivity index (χ1n) is 7.77. The number of carboxylic acids is 2. The van der Waals surface area contributed by atoms with E-state index >= 15 is 0 Å². The number of imide groups is 1. The highest BCUT2D eigenvalue weighted by atomic mass is 16.4. The Bertz CT molecular complexity index is 1000. The van der Waals surface area contributed by atoms with E-state index in [4.69, 9.17) is 9.52 Å². The third kappa shape index (κ3) is 3.43. The third-order valence-electron chi connectivity index (χ3n) is 4.00. The average molecular weight is 370 g/mol. The molecule has 1 aromatic heterocycles. The molecule has 0 radical (unpaired) electrons. The monoisotopic (exact) mass is 370 g/mol. The Kier molecular flexibility index (Phi) is 4.51. The molecule has 0 bridgehead atoms. The molecular weight excluding hydrogens is 356 g/mol. The normalized spacial score (nSPS) is 15.3. The van der Waals surface area contributed by atoms with E-state index in [0.717, 1.165) is 0 Å². The minimum atomic E-state index is -1.31. The number of amides is 3. The van der Waals surface area contributed by atoms with Gasteiger partial charge in [-0.2, -0.15) is 0 Å². The van der Waals surface area contributed by atoms with Gasteiger partial charge in [0, 0.05) is 11.6 Å². The highest BCUT2D eigenvalue weighted by Gasteiger charge is 2.35. The summed E-state index contributed by atoms with van der Waals surface area (Å²) < 4.78 is 5.64. The van der Waals surface area contributed by atoms with Gasteiger partial charge < -0.3 is 19.9 Å². The zero-order chi connectivity index (χ0) is 19.7. The molecule has 3 N–H and O–H groups in total. The van der Waals surface area contributed by atoms with Gasteiger partial charge in [-0.05, 0) is 30.7 Å². The Morgan fingerprint density at radius 3 is 2.59 bits per heavy atom. The first-order chi connectivity index (χ1) is 12.8. The van der Waals surface area contributed by atoms with Crippen LogP contribution in [0.15, 0.2) is 40.4 Å². The molecular formula is C18H14N2O7. The molecule has 1 aliphatic heterocycles. The fourth-order valence-electron chi connectivity index (χ4n) is 2.70. The van der Waals surface area contributed by atoms with Crippen molar-refractivity contribution >= 4 is 30.0 Å². The Labute approximate surface area is 152 Å². The number of carboxylic acid groups (broad SMARTS) is 2. The highest BCUT2D eigenvalue weighted by Crippen LogP contribution is 2.28. The van der Waals surface area contributed by atoms with Crippen LogP contribution in [0.1, 0.15) is 21.7 Å². The first-order valence-corrected chi connectivity index (χ1v) is 7.77. The molecule has 0 atom stereocenters. The maximum Gasteiger partial charge on any atom is 0.335 e. The number of aromatic carboxylic acids is 1. The summed E-state index contributed by atoms with van der Waals surface area (Å²) in [6.45, 7) is 0.913. The molecule has 3 rings (SSSR count). The number of nitrogens with zero attached hydrogens (tertiary/aromatic N) is 1. The number of benzene rings is 1. The second-order valence-corrected chi connectivity index (χ2v) is 5.76. The van der Waals surface area contributed by atoms with Gasteiger partial charge in [-0.25, -0.2) is 14.5 Å². The van der Waals surface area contributed by atoms with Gasteiger partial charge >= 0.3 is 18.0 Å². The minimum Gasteiger partial charge on any atom is -0.480 e. The topological polar surface area (TPSA) is 137 Å². The number of hydrogen-bond acceptors (Lipinski definition) is 5. The Morgan fingerprint density at radius 1 is 1.19 bits per heavy atom. The van der Waals surface area contributed by atoms with Gasteiger partial charge in [0.2, 0.25) is 0 Å². The van der Waals surface area contributed by atoms with E-state index in [-0.39, 0.29) is 17.0 Å². The van der Waals surface area contributed by atoms with Crippen LogP contribution in [0, 0.1) is 6.92 Å². The predicted octanol–water partition coefficient (Wildman–Crippen LogP) is 1.93. The summed E-state index contributed by atoms with van der Waals surface area (Å²) in [7, 11) is 0. The maximum absolute atomic E-state index is 12.1. The lowest BCUT2D eigenvalue weighted by Crippen LogP contribution is -2.35. The van der Waals surface area contributed by atoms with Crippen LogP contribution in [0.25, 0.3) is 17.4 Å². The Hall–Kier alpha value is -3.88. The van der Waals surface area contributed by atoms with Crippen LogP contribution in [0.4, 0.5) is 4.79 Å². The Morgan fingerprint density at radius 2 is 1.93 bits per heavy atom. The van der Waals surface area contributed by atoms with E-state index in [1.807, 2.05) is 0 Å². The lowest BCUT2D eigenvalue weighted by molar-refractivity contribution is -0.140. The largest absolute Gasteiger partial charge is 0.480 e. The molecule has 9 heteroatoms. The maximum atomic E-state index is 12.1. The Balaban J connectivity index is 1.89. The van der Waals surface area contributed by atoms with Crippen LogP contribution < -0.4 is 5.32 Å². The summed E-state index contributed by atoms with van der Waals surface area (Å²) >= 11 is 0. The van der Waals surface area contributed by atoms with Gasteiger partial charge in [0.1, 0.15) is 23.8 Å². The summed E-state index contributed by atoms with van der Waals surface area (Å²) in [5.41, 5.74) is 1.13. The molecule has 138 valence electrons. The number of hydrogen-bond donors (Lipinski definition) is 3. The number of carbonyl (C=O) groups is 4. The second-order valence-electron chi connectivity index (χ2n) is 5.76. The van der Waals surface area contributed by atoms with Gasteiger partial charge in [0.25, 0.3) is 5.91 Å². The van der Waals surface area contributed by atoms with Crippen molar-refractivity contribution in [3.63, 3.8) is 0 Å². The predicted molar refractivity (Wildman–Crippen MR) is 91.7 cm³/mol. The van der Waals surface area contributed by atoms with Crippen LogP contribution in [0.3, 0.4) is 0 Å². The van der Waals surface area contributed by atoms with E-state index in [1.165, 1.54) is 12.1 Å². The fraction of sp³-hybridized carbons (Fsp3) is 0.111. The van der Waals surface area contributed by atoms with Crippen molar-refractivity contribution in [3.8, 4) is 11.3 Å². The van der Waals surface area contributed by atoms with Crippen molar-refractivity contribution in [1.82, 2.24) is 10.2 Å². The molecule has 9 nitrogen and oxygen atoms in total. The van der Waals surface area contributed by atoms with Gasteiger partial charge in [-0.3, -0.25) is 9.59 Å². The summed E-state index contributed by atoms with van der Waals surface area (Å²) in [4.78, 5) is 46.4. The molecule has 0 unspecified atom stereocenters. The van der Waals surface area contributed by atoms with E-state index in [0.29, 0.717) is 21.8 Å². The molecule has 1 aliphatic rings. The van der Waals surface area contributed by atoms with Gasteiger partial charge in [0.15, 0.2) is 0 Å². The number of nitrogens with one attached hydrogen (secondary N) is 1. The molecule has 1 fully saturated rings. The molecule has 3 amide bonds. The van der Waals surface area contributed by atoms with Crippen LogP contribution >= 0.6 is 0 Å². The number of aliphatic carboxylic acids is 1. The zero-order valence-electron chi connectivity index (χ0n) is 14.1. The lowest BCUT2D eigenvalue weighted by Gasteiger charge is -2.06. The summed E-state index contributed by atoms with van der Waals surface area (Å²) in [5.74, 6) is -2.51. The minimum absolute atomic E-state index is 0.113. The van der Waals surface area contributed by atoms with Crippen molar-refractivity contribution in [2.75, 3.05) is 6.54 Å². The van der Waals surface area contributed by atoms with Crippen LogP contribution in [0.2, 0.25) is 0 Å². The molecule has 27 heavy (non-hydrogen) atoms. The fourth-order valence-corrected chi connectivity index (χ4v) is 2.70. The molecule has 0 saturated carbocycles. The third-order valence-corrected chi connectivity index (χ3v) is 4.00. The molecule has 2 aromatic rings. The molecule has 1 saturated heterocycles. The number of furan rings is 1. The van der Waals surface area contributed by atoms with E-state index in [9.17, 15) is 24.3 Å². The van der Waals surface area contributed by atoms with Crippen LogP contribution in [0.5, 0.6) is 0 Å². The highest BCUT2D eigenvalue weighted by molar-refractivity contribution is 6.15. The van der Waals surface area contributed by atoms with Crippen molar-refractivity contribution in [3.05, 3.63) is 52.9 Å². The number of carbonyl (C=O) groups excluding carboxylic acids is 2.